The van der Waals surface area contributed by atoms with E-state index in [0.29, 0.717) is 9.92 Å². The van der Waals surface area contributed by atoms with Crippen molar-refractivity contribution in [1.82, 2.24) is 4.98 Å². The fourth-order valence-electron chi connectivity index (χ4n) is 2.07. The maximum Gasteiger partial charge on any atom is 0.358 e. The molecule has 1 aromatic heterocycles. The van der Waals surface area contributed by atoms with Gasteiger partial charge in [-0.1, -0.05) is 30.4 Å². The Morgan fingerprint density at radius 2 is 1.85 bits per heavy atom. The summed E-state index contributed by atoms with van der Waals surface area (Å²) in [6.45, 7) is 7.46. The summed E-state index contributed by atoms with van der Waals surface area (Å²) in [6.07, 6.45) is 0.788. The smallest absolute Gasteiger partial charge is 0.358 e. The zero-order chi connectivity index (χ0) is 20.0. The Hall–Kier alpha value is -1.86. The van der Waals surface area contributed by atoms with E-state index >= 15 is 0 Å². The molecule has 2 aromatic rings. The van der Waals surface area contributed by atoms with Gasteiger partial charge in [-0.2, -0.15) is 0 Å². The number of benzene rings is 1. The second-order valence-electron chi connectivity index (χ2n) is 6.63. The van der Waals surface area contributed by atoms with Crippen molar-refractivity contribution in [3.05, 3.63) is 47.9 Å². The highest BCUT2D eigenvalue weighted by Crippen LogP contribution is 2.33. The summed E-state index contributed by atoms with van der Waals surface area (Å²) in [5, 5.41) is 1.61. The van der Waals surface area contributed by atoms with Crippen LogP contribution in [-0.4, -0.2) is 28.6 Å². The number of esters is 1. The van der Waals surface area contributed by atoms with Gasteiger partial charge in [-0.25, -0.2) is 14.2 Å². The van der Waals surface area contributed by atoms with Gasteiger partial charge in [0.2, 0.25) is 0 Å². The van der Waals surface area contributed by atoms with Gasteiger partial charge in [0, 0.05) is 16.8 Å². The molecule has 7 heteroatoms. The summed E-state index contributed by atoms with van der Waals surface area (Å²) in [5.41, 5.74) is -0.380. The Labute approximate surface area is 168 Å². The van der Waals surface area contributed by atoms with Crippen molar-refractivity contribution in [1.29, 1.82) is 0 Å². The van der Waals surface area contributed by atoms with E-state index in [-0.39, 0.29) is 11.5 Å². The molecule has 2 rings (SSSR count). The third-order valence-electron chi connectivity index (χ3n) is 3.24. The third-order valence-corrected chi connectivity index (χ3v) is 5.44. The summed E-state index contributed by atoms with van der Waals surface area (Å²) in [7, 11) is 1.74. The second-order valence-corrected chi connectivity index (χ2v) is 8.84. The van der Waals surface area contributed by atoms with Crippen LogP contribution >= 0.6 is 23.5 Å². The van der Waals surface area contributed by atoms with E-state index in [1.54, 1.807) is 19.2 Å². The maximum absolute atomic E-state index is 13.2. The number of halogens is 1. The van der Waals surface area contributed by atoms with E-state index in [2.05, 4.69) is 9.98 Å². The van der Waals surface area contributed by atoms with Crippen LogP contribution in [0.25, 0.3) is 0 Å². The van der Waals surface area contributed by atoms with Gasteiger partial charge >= 0.3 is 5.97 Å². The minimum atomic E-state index is -0.626. The molecule has 0 unspecified atom stereocenters. The Kier molecular flexibility index (Phi) is 7.44. The molecule has 1 aromatic carbocycles. The number of carbonyl (C=O) groups excluding carboxylic acids is 1. The number of carbonyl (C=O) groups is 1. The third kappa shape index (κ3) is 6.66. The van der Waals surface area contributed by atoms with Crippen LogP contribution in [0.2, 0.25) is 0 Å². The molecule has 0 aliphatic carbocycles. The van der Waals surface area contributed by atoms with Crippen LogP contribution in [0.5, 0.6) is 0 Å². The van der Waals surface area contributed by atoms with Crippen LogP contribution < -0.4 is 0 Å². The fourth-order valence-corrected chi connectivity index (χ4v) is 3.70. The van der Waals surface area contributed by atoms with Crippen LogP contribution in [-0.2, 0) is 4.74 Å². The van der Waals surface area contributed by atoms with Crippen molar-refractivity contribution < 1.29 is 13.9 Å². The van der Waals surface area contributed by atoms with Gasteiger partial charge < -0.3 is 4.74 Å². The SMILES string of the molecule is CCC(=NC)Sc1ccc(Sc2ccc(F)cc2)c(C(=O)OC(C)(C)C)n1. The lowest BCUT2D eigenvalue weighted by Crippen LogP contribution is -2.25. The molecule has 0 fully saturated rings. The van der Waals surface area contributed by atoms with Gasteiger partial charge in [-0.05, 0) is 63.6 Å². The van der Waals surface area contributed by atoms with E-state index in [0.717, 1.165) is 16.4 Å². The molecule has 144 valence electrons. The molecular formula is C20H23FN2O2S2. The normalized spacial score (nSPS) is 12.1. The summed E-state index contributed by atoms with van der Waals surface area (Å²) in [6, 6.07) is 9.80. The van der Waals surface area contributed by atoms with Gasteiger partial charge in [0.15, 0.2) is 5.69 Å². The molecule has 0 amide bonds. The van der Waals surface area contributed by atoms with Crippen molar-refractivity contribution in [3.63, 3.8) is 0 Å². The topological polar surface area (TPSA) is 51.5 Å². The van der Waals surface area contributed by atoms with Crippen molar-refractivity contribution in [2.45, 2.75) is 54.5 Å². The maximum atomic E-state index is 13.2. The number of hydrogen-bond donors (Lipinski definition) is 0. The van der Waals surface area contributed by atoms with E-state index in [9.17, 15) is 9.18 Å². The average Bonchev–Trinajstić information content (AvgIpc) is 2.61. The number of ether oxygens (including phenoxy) is 1. The van der Waals surface area contributed by atoms with Crippen LogP contribution in [0.1, 0.15) is 44.6 Å². The van der Waals surface area contributed by atoms with E-state index in [1.807, 2.05) is 39.8 Å². The Balaban J connectivity index is 2.38. The van der Waals surface area contributed by atoms with Crippen molar-refractivity contribution in [2.24, 2.45) is 4.99 Å². The van der Waals surface area contributed by atoms with E-state index in [4.69, 9.17) is 4.74 Å². The summed E-state index contributed by atoms with van der Waals surface area (Å²) >= 11 is 2.77. The van der Waals surface area contributed by atoms with Gasteiger partial charge in [0.1, 0.15) is 16.4 Å². The number of aromatic nitrogens is 1. The van der Waals surface area contributed by atoms with Crippen LogP contribution in [0.3, 0.4) is 0 Å². The van der Waals surface area contributed by atoms with E-state index in [1.165, 1.54) is 35.7 Å². The first-order valence-electron chi connectivity index (χ1n) is 8.53. The largest absolute Gasteiger partial charge is 0.455 e. The number of nitrogens with zero attached hydrogens (tertiary/aromatic N) is 2. The molecule has 0 N–H and O–H groups in total. The lowest BCUT2D eigenvalue weighted by molar-refractivity contribution is 0.00576. The molecule has 0 bridgehead atoms. The number of rotatable bonds is 5. The number of aliphatic imine (C=N–C) groups is 1. The zero-order valence-electron chi connectivity index (χ0n) is 16.1. The molecule has 0 atom stereocenters. The molecule has 0 aliphatic heterocycles. The number of hydrogen-bond acceptors (Lipinski definition) is 6. The summed E-state index contributed by atoms with van der Waals surface area (Å²) in [4.78, 5) is 22.9. The predicted molar refractivity (Wildman–Crippen MR) is 109 cm³/mol. The highest BCUT2D eigenvalue weighted by molar-refractivity contribution is 8.13. The molecule has 0 saturated carbocycles. The molecular weight excluding hydrogens is 383 g/mol. The number of thioether (sulfide) groups is 1. The van der Waals surface area contributed by atoms with Crippen molar-refractivity contribution in [2.75, 3.05) is 7.05 Å². The van der Waals surface area contributed by atoms with Gasteiger partial charge in [-0.15, -0.1) is 0 Å². The molecule has 0 saturated heterocycles. The van der Waals surface area contributed by atoms with Crippen LogP contribution in [0.15, 0.2) is 56.2 Å². The first-order valence-corrected chi connectivity index (χ1v) is 10.2. The van der Waals surface area contributed by atoms with Crippen molar-refractivity contribution >= 4 is 34.5 Å². The Morgan fingerprint density at radius 1 is 1.19 bits per heavy atom. The second kappa shape index (κ2) is 9.37. The highest BCUT2D eigenvalue weighted by Gasteiger charge is 2.23. The highest BCUT2D eigenvalue weighted by atomic mass is 32.2. The van der Waals surface area contributed by atoms with Crippen LogP contribution in [0, 0.1) is 5.82 Å². The van der Waals surface area contributed by atoms with E-state index < -0.39 is 11.6 Å². The summed E-state index contributed by atoms with van der Waals surface area (Å²) < 4.78 is 18.7. The fraction of sp³-hybridized carbons (Fsp3) is 0.350. The van der Waals surface area contributed by atoms with Crippen LogP contribution in [0.4, 0.5) is 4.39 Å². The molecule has 0 spiro atoms. The molecule has 0 radical (unpaired) electrons. The minimum Gasteiger partial charge on any atom is -0.455 e. The first kappa shape index (κ1) is 21.4. The first-order chi connectivity index (χ1) is 12.7. The quantitative estimate of drug-likeness (QED) is 0.269. The van der Waals surface area contributed by atoms with Gasteiger partial charge in [0.05, 0.1) is 5.04 Å². The Bertz CT molecular complexity index is 831. The lowest BCUT2D eigenvalue weighted by atomic mass is 10.2. The minimum absolute atomic E-state index is 0.246. The summed E-state index contributed by atoms with van der Waals surface area (Å²) in [5.74, 6) is -0.788. The zero-order valence-corrected chi connectivity index (χ0v) is 17.7. The monoisotopic (exact) mass is 406 g/mol. The molecule has 1 heterocycles. The van der Waals surface area contributed by atoms with Gasteiger partial charge in [0.25, 0.3) is 0 Å². The predicted octanol–water partition coefficient (Wildman–Crippen LogP) is 5.86. The van der Waals surface area contributed by atoms with Crippen molar-refractivity contribution in [3.8, 4) is 0 Å². The average molecular weight is 407 g/mol. The number of pyridine rings is 1. The molecule has 27 heavy (non-hydrogen) atoms. The molecule has 4 nitrogen and oxygen atoms in total. The molecule has 0 aliphatic rings. The lowest BCUT2D eigenvalue weighted by Gasteiger charge is -2.20. The standard InChI is InChI=1S/C20H23FN2O2S2/c1-6-16(22-5)27-17-12-11-15(26-14-9-7-13(21)8-10-14)18(23-17)19(24)25-20(2,3)4/h7-12H,6H2,1-5H3. The van der Waals surface area contributed by atoms with Gasteiger partial charge in [-0.3, -0.25) is 4.99 Å². The Morgan fingerprint density at radius 3 is 2.41 bits per heavy atom.